The first-order valence-corrected chi connectivity index (χ1v) is 7.12. The normalized spacial score (nSPS) is 18.6. The summed E-state index contributed by atoms with van der Waals surface area (Å²) in [6.45, 7) is 7.73. The zero-order valence-corrected chi connectivity index (χ0v) is 11.9. The highest BCUT2D eigenvalue weighted by atomic mass is 16.5. The van der Waals surface area contributed by atoms with E-state index in [0.717, 1.165) is 49.4 Å². The Morgan fingerprint density at radius 1 is 1.30 bits per heavy atom. The van der Waals surface area contributed by atoms with Crippen molar-refractivity contribution >= 4 is 11.4 Å². The van der Waals surface area contributed by atoms with Gasteiger partial charge >= 0.3 is 0 Å². The molecular weight excluding hydrogens is 248 g/mol. The number of fused-ring (bicyclic) bond motifs is 1. The van der Waals surface area contributed by atoms with Crippen LogP contribution < -0.4 is 5.43 Å². The van der Waals surface area contributed by atoms with Crippen molar-refractivity contribution in [1.82, 2.24) is 5.43 Å². The molecule has 0 unspecified atom stereocenters. The SMILES string of the molecule is C=C1NN=C(C)c2cc(CC3=CCCOCC3)ccc21. The van der Waals surface area contributed by atoms with Gasteiger partial charge in [0.15, 0.2) is 0 Å². The summed E-state index contributed by atoms with van der Waals surface area (Å²) in [4.78, 5) is 0. The van der Waals surface area contributed by atoms with E-state index < -0.39 is 0 Å². The number of nitrogens with zero attached hydrogens (tertiary/aromatic N) is 1. The molecule has 1 aromatic carbocycles. The summed E-state index contributed by atoms with van der Waals surface area (Å²) >= 11 is 0. The summed E-state index contributed by atoms with van der Waals surface area (Å²) < 4.78 is 5.49. The molecule has 0 fully saturated rings. The van der Waals surface area contributed by atoms with Crippen LogP contribution in [-0.2, 0) is 11.2 Å². The van der Waals surface area contributed by atoms with Crippen molar-refractivity contribution in [2.45, 2.75) is 26.2 Å². The Balaban J connectivity index is 1.85. The van der Waals surface area contributed by atoms with Gasteiger partial charge in [-0.1, -0.05) is 30.4 Å². The average Bonchev–Trinajstić information content (AvgIpc) is 2.72. The maximum Gasteiger partial charge on any atom is 0.0655 e. The molecule has 2 heterocycles. The average molecular weight is 268 g/mol. The van der Waals surface area contributed by atoms with Crippen LogP contribution in [0.25, 0.3) is 5.70 Å². The Labute approximate surface area is 120 Å². The summed E-state index contributed by atoms with van der Waals surface area (Å²) in [5.41, 5.74) is 10.0. The molecule has 2 aliphatic rings. The van der Waals surface area contributed by atoms with Gasteiger partial charge in [-0.15, -0.1) is 0 Å². The van der Waals surface area contributed by atoms with Crippen molar-refractivity contribution in [2.75, 3.05) is 13.2 Å². The van der Waals surface area contributed by atoms with Crippen molar-refractivity contribution in [1.29, 1.82) is 0 Å². The number of rotatable bonds is 2. The Morgan fingerprint density at radius 3 is 3.10 bits per heavy atom. The third-order valence-electron chi connectivity index (χ3n) is 3.85. The van der Waals surface area contributed by atoms with E-state index in [9.17, 15) is 0 Å². The van der Waals surface area contributed by atoms with Gasteiger partial charge in [-0.05, 0) is 37.8 Å². The molecule has 20 heavy (non-hydrogen) atoms. The number of ether oxygens (including phenoxy) is 1. The molecule has 2 aliphatic heterocycles. The zero-order chi connectivity index (χ0) is 13.9. The van der Waals surface area contributed by atoms with Crippen molar-refractivity contribution in [3.8, 4) is 0 Å². The fourth-order valence-corrected chi connectivity index (χ4v) is 2.71. The lowest BCUT2D eigenvalue weighted by Crippen LogP contribution is -2.17. The van der Waals surface area contributed by atoms with E-state index in [-0.39, 0.29) is 0 Å². The highest BCUT2D eigenvalue weighted by Crippen LogP contribution is 2.24. The van der Waals surface area contributed by atoms with E-state index in [1.54, 1.807) is 0 Å². The van der Waals surface area contributed by atoms with E-state index in [1.807, 2.05) is 6.92 Å². The van der Waals surface area contributed by atoms with Crippen LogP contribution in [0.2, 0.25) is 0 Å². The maximum absolute atomic E-state index is 5.49. The summed E-state index contributed by atoms with van der Waals surface area (Å²) in [5, 5.41) is 4.29. The number of hydrazone groups is 1. The topological polar surface area (TPSA) is 33.6 Å². The van der Waals surface area contributed by atoms with E-state index in [2.05, 4.69) is 41.4 Å². The molecule has 1 N–H and O–H groups in total. The molecule has 0 aromatic heterocycles. The van der Waals surface area contributed by atoms with Gasteiger partial charge in [-0.3, -0.25) is 5.43 Å². The minimum Gasteiger partial charge on any atom is -0.381 e. The third-order valence-corrected chi connectivity index (χ3v) is 3.85. The number of hydrogen-bond acceptors (Lipinski definition) is 3. The molecule has 0 saturated carbocycles. The first-order chi connectivity index (χ1) is 9.74. The summed E-state index contributed by atoms with van der Waals surface area (Å²) in [7, 11) is 0. The fourth-order valence-electron chi connectivity index (χ4n) is 2.71. The molecule has 0 atom stereocenters. The molecule has 104 valence electrons. The Kier molecular flexibility index (Phi) is 3.70. The highest BCUT2D eigenvalue weighted by Gasteiger charge is 2.14. The summed E-state index contributed by atoms with van der Waals surface area (Å²) in [5.74, 6) is 0. The van der Waals surface area contributed by atoms with Crippen LogP contribution in [0, 0.1) is 0 Å². The number of nitrogens with one attached hydrogen (secondary N) is 1. The summed E-state index contributed by atoms with van der Waals surface area (Å²) in [6, 6.07) is 6.58. The number of hydrogen-bond donors (Lipinski definition) is 1. The fraction of sp³-hybridized carbons (Fsp3) is 0.353. The second-order valence-corrected chi connectivity index (χ2v) is 5.36. The van der Waals surface area contributed by atoms with E-state index >= 15 is 0 Å². The molecular formula is C17H20N2O. The van der Waals surface area contributed by atoms with Gasteiger partial charge in [-0.25, -0.2) is 0 Å². The summed E-state index contributed by atoms with van der Waals surface area (Å²) in [6.07, 6.45) is 5.40. The van der Waals surface area contributed by atoms with Gasteiger partial charge in [0.25, 0.3) is 0 Å². The van der Waals surface area contributed by atoms with Gasteiger partial charge < -0.3 is 4.74 Å². The molecule has 0 amide bonds. The lowest BCUT2D eigenvalue weighted by molar-refractivity contribution is 0.146. The molecule has 1 aromatic rings. The molecule has 0 saturated heterocycles. The monoisotopic (exact) mass is 268 g/mol. The van der Waals surface area contributed by atoms with E-state index in [1.165, 1.54) is 16.7 Å². The molecule has 0 spiro atoms. The Hall–Kier alpha value is -1.87. The Morgan fingerprint density at radius 2 is 2.20 bits per heavy atom. The highest BCUT2D eigenvalue weighted by molar-refractivity contribution is 6.04. The van der Waals surface area contributed by atoms with Crippen LogP contribution >= 0.6 is 0 Å². The number of benzene rings is 1. The molecule has 0 aliphatic carbocycles. The first kappa shape index (κ1) is 13.1. The molecule has 3 nitrogen and oxygen atoms in total. The van der Waals surface area contributed by atoms with Gasteiger partial charge in [0.05, 0.1) is 24.6 Å². The first-order valence-electron chi connectivity index (χ1n) is 7.12. The van der Waals surface area contributed by atoms with Crippen LogP contribution in [0.1, 0.15) is 36.5 Å². The lowest BCUT2D eigenvalue weighted by atomic mass is 9.94. The largest absolute Gasteiger partial charge is 0.381 e. The Bertz CT molecular complexity index is 599. The van der Waals surface area contributed by atoms with Gasteiger partial charge in [0.2, 0.25) is 0 Å². The third kappa shape index (κ3) is 2.68. The molecule has 0 bridgehead atoms. The van der Waals surface area contributed by atoms with Crippen molar-refractivity contribution < 1.29 is 4.74 Å². The second kappa shape index (κ2) is 5.63. The lowest BCUT2D eigenvalue weighted by Gasteiger charge is -2.18. The van der Waals surface area contributed by atoms with Crippen LogP contribution in [0.15, 0.2) is 41.5 Å². The molecule has 3 heteroatoms. The predicted octanol–water partition coefficient (Wildman–Crippen LogP) is 3.26. The molecule has 0 radical (unpaired) electrons. The van der Waals surface area contributed by atoms with Crippen molar-refractivity contribution in [3.05, 3.63) is 53.1 Å². The van der Waals surface area contributed by atoms with Crippen LogP contribution in [0.4, 0.5) is 0 Å². The van der Waals surface area contributed by atoms with Gasteiger partial charge in [0, 0.05) is 11.1 Å². The quantitative estimate of drug-likeness (QED) is 0.835. The van der Waals surface area contributed by atoms with Crippen LogP contribution in [0.5, 0.6) is 0 Å². The minimum absolute atomic E-state index is 0.845. The van der Waals surface area contributed by atoms with Crippen molar-refractivity contribution in [2.24, 2.45) is 5.10 Å². The van der Waals surface area contributed by atoms with E-state index in [0.29, 0.717) is 0 Å². The standard InChI is InChI=1S/C17H20N2O/c1-12-16-6-5-15(11-17(16)13(2)19-18-12)10-14-4-3-8-20-9-7-14/h4-6,11,18H,1,3,7-10H2,2H3. The molecule has 3 rings (SSSR count). The van der Waals surface area contributed by atoms with Crippen LogP contribution in [-0.4, -0.2) is 18.9 Å². The van der Waals surface area contributed by atoms with Crippen molar-refractivity contribution in [3.63, 3.8) is 0 Å². The van der Waals surface area contributed by atoms with Crippen LogP contribution in [0.3, 0.4) is 0 Å². The zero-order valence-electron chi connectivity index (χ0n) is 11.9. The van der Waals surface area contributed by atoms with Gasteiger partial charge in [0.1, 0.15) is 0 Å². The van der Waals surface area contributed by atoms with Gasteiger partial charge in [-0.2, -0.15) is 5.10 Å². The van der Waals surface area contributed by atoms with E-state index in [4.69, 9.17) is 4.74 Å². The maximum atomic E-state index is 5.49. The minimum atomic E-state index is 0.845. The predicted molar refractivity (Wildman–Crippen MR) is 82.7 cm³/mol. The smallest absolute Gasteiger partial charge is 0.0655 e. The second-order valence-electron chi connectivity index (χ2n) is 5.36.